The fourth-order valence-corrected chi connectivity index (χ4v) is 4.43. The van der Waals surface area contributed by atoms with Crippen LogP contribution in [0.2, 0.25) is 0 Å². The number of para-hydroxylation sites is 1. The number of rotatable bonds is 5. The first kappa shape index (κ1) is 21.0. The second-order valence-corrected chi connectivity index (χ2v) is 8.11. The maximum atomic E-state index is 13.0. The Morgan fingerprint density at radius 1 is 1.15 bits per heavy atom. The first-order valence-electron chi connectivity index (χ1n) is 10.8. The van der Waals surface area contributed by atoms with Gasteiger partial charge in [0.05, 0.1) is 17.9 Å². The summed E-state index contributed by atoms with van der Waals surface area (Å²) in [6.45, 7) is 5.14. The fourth-order valence-electron chi connectivity index (χ4n) is 4.43. The van der Waals surface area contributed by atoms with E-state index >= 15 is 0 Å². The highest BCUT2D eigenvalue weighted by molar-refractivity contribution is 5.93. The van der Waals surface area contributed by atoms with E-state index in [2.05, 4.69) is 15.7 Å². The summed E-state index contributed by atoms with van der Waals surface area (Å²) in [6, 6.07) is 14.5. The number of ether oxygens (including phenoxy) is 2. The Hall–Kier alpha value is -3.85. The van der Waals surface area contributed by atoms with Crippen molar-refractivity contribution in [2.24, 2.45) is 0 Å². The third-order valence-corrected chi connectivity index (χ3v) is 5.94. The van der Waals surface area contributed by atoms with E-state index in [9.17, 15) is 9.59 Å². The summed E-state index contributed by atoms with van der Waals surface area (Å²) in [6.07, 6.45) is 0. The Balaban J connectivity index is 1.38. The van der Waals surface area contributed by atoms with Gasteiger partial charge < -0.3 is 20.1 Å². The summed E-state index contributed by atoms with van der Waals surface area (Å²) in [4.78, 5) is 27.8. The van der Waals surface area contributed by atoms with Crippen LogP contribution >= 0.6 is 0 Å². The monoisotopic (exact) mass is 447 g/mol. The molecule has 0 spiro atoms. The molecule has 2 amide bonds. The molecule has 0 aliphatic carbocycles. The minimum Gasteiger partial charge on any atom is -0.454 e. The fraction of sp³-hybridized carbons (Fsp3) is 0.292. The van der Waals surface area contributed by atoms with Crippen LogP contribution < -0.4 is 20.1 Å². The summed E-state index contributed by atoms with van der Waals surface area (Å²) >= 11 is 0. The van der Waals surface area contributed by atoms with Crippen molar-refractivity contribution in [3.8, 4) is 17.2 Å². The SMILES string of the molecule is Cc1nn(-c2ccccc2)c(C)c1[C@@H]1C(=O)NCCN1CC(=O)Nc1ccc2c(c1)OCO2. The van der Waals surface area contributed by atoms with Gasteiger partial charge in [-0.15, -0.1) is 0 Å². The molecule has 2 aromatic carbocycles. The van der Waals surface area contributed by atoms with E-state index in [0.29, 0.717) is 30.3 Å². The van der Waals surface area contributed by atoms with Crippen LogP contribution in [-0.4, -0.2) is 52.9 Å². The van der Waals surface area contributed by atoms with Gasteiger partial charge in [0.15, 0.2) is 11.5 Å². The summed E-state index contributed by atoms with van der Waals surface area (Å²) in [5.41, 5.74) is 4.01. The molecule has 5 rings (SSSR count). The summed E-state index contributed by atoms with van der Waals surface area (Å²) in [5.74, 6) is 0.917. The van der Waals surface area contributed by atoms with Crippen LogP contribution in [-0.2, 0) is 9.59 Å². The number of carbonyl (C=O) groups excluding carboxylic acids is 2. The number of nitrogens with zero attached hydrogens (tertiary/aromatic N) is 3. The molecule has 2 N–H and O–H groups in total. The smallest absolute Gasteiger partial charge is 0.242 e. The number of aryl methyl sites for hydroxylation is 1. The highest BCUT2D eigenvalue weighted by atomic mass is 16.7. The number of fused-ring (bicyclic) bond motifs is 1. The number of amides is 2. The predicted octanol–water partition coefficient (Wildman–Crippen LogP) is 2.33. The Morgan fingerprint density at radius 2 is 1.94 bits per heavy atom. The molecule has 3 aromatic rings. The maximum Gasteiger partial charge on any atom is 0.242 e. The lowest BCUT2D eigenvalue weighted by molar-refractivity contribution is -0.130. The minimum atomic E-state index is -0.598. The molecule has 0 saturated carbocycles. The lowest BCUT2D eigenvalue weighted by Gasteiger charge is -2.34. The van der Waals surface area contributed by atoms with Crippen molar-refractivity contribution in [3.05, 3.63) is 65.5 Å². The minimum absolute atomic E-state index is 0.0714. The average Bonchev–Trinajstić information content (AvgIpc) is 3.38. The molecule has 9 heteroatoms. The molecule has 1 aromatic heterocycles. The summed E-state index contributed by atoms with van der Waals surface area (Å²) in [7, 11) is 0. The number of hydrogen-bond donors (Lipinski definition) is 2. The maximum absolute atomic E-state index is 13.0. The molecule has 0 radical (unpaired) electrons. The van der Waals surface area contributed by atoms with Gasteiger partial charge in [-0.25, -0.2) is 4.68 Å². The van der Waals surface area contributed by atoms with Crippen molar-refractivity contribution >= 4 is 17.5 Å². The molecule has 0 unspecified atom stereocenters. The van der Waals surface area contributed by atoms with Crippen molar-refractivity contribution in [1.82, 2.24) is 20.0 Å². The third kappa shape index (κ3) is 4.03. The Kier molecular flexibility index (Phi) is 5.47. The quantitative estimate of drug-likeness (QED) is 0.623. The van der Waals surface area contributed by atoms with E-state index in [1.807, 2.05) is 53.8 Å². The zero-order valence-corrected chi connectivity index (χ0v) is 18.5. The van der Waals surface area contributed by atoms with Crippen molar-refractivity contribution in [2.45, 2.75) is 19.9 Å². The number of aromatic nitrogens is 2. The molecular weight excluding hydrogens is 422 g/mol. The third-order valence-electron chi connectivity index (χ3n) is 5.94. The molecular formula is C24H25N5O4. The van der Waals surface area contributed by atoms with Crippen LogP contribution in [0.25, 0.3) is 5.69 Å². The predicted molar refractivity (Wildman–Crippen MR) is 122 cm³/mol. The molecule has 33 heavy (non-hydrogen) atoms. The molecule has 2 aliphatic heterocycles. The van der Waals surface area contributed by atoms with Crippen molar-refractivity contribution in [2.75, 3.05) is 31.7 Å². The van der Waals surface area contributed by atoms with Crippen LogP contribution in [0.5, 0.6) is 11.5 Å². The van der Waals surface area contributed by atoms with Gasteiger partial charge >= 0.3 is 0 Å². The van der Waals surface area contributed by atoms with Crippen LogP contribution in [0.4, 0.5) is 5.69 Å². The topological polar surface area (TPSA) is 97.7 Å². The molecule has 2 aliphatic rings. The van der Waals surface area contributed by atoms with Crippen molar-refractivity contribution in [1.29, 1.82) is 0 Å². The van der Waals surface area contributed by atoms with Gasteiger partial charge in [-0.3, -0.25) is 14.5 Å². The van der Waals surface area contributed by atoms with Gasteiger partial charge in [-0.2, -0.15) is 5.10 Å². The number of carbonyl (C=O) groups is 2. The summed E-state index contributed by atoms with van der Waals surface area (Å²) < 4.78 is 12.5. The molecule has 1 saturated heterocycles. The summed E-state index contributed by atoms with van der Waals surface area (Å²) in [5, 5.41) is 10.5. The van der Waals surface area contributed by atoms with Crippen molar-refractivity contribution < 1.29 is 19.1 Å². The largest absolute Gasteiger partial charge is 0.454 e. The zero-order valence-electron chi connectivity index (χ0n) is 18.5. The second-order valence-electron chi connectivity index (χ2n) is 8.11. The van der Waals surface area contributed by atoms with Gasteiger partial charge in [-0.05, 0) is 38.1 Å². The molecule has 1 atom stereocenters. The lowest BCUT2D eigenvalue weighted by atomic mass is 10.00. The Morgan fingerprint density at radius 3 is 2.76 bits per heavy atom. The normalized spacial score (nSPS) is 17.6. The van der Waals surface area contributed by atoms with Crippen LogP contribution in [0.15, 0.2) is 48.5 Å². The Labute approximate surface area is 191 Å². The molecule has 3 heterocycles. The van der Waals surface area contributed by atoms with Gasteiger partial charge in [0.2, 0.25) is 18.6 Å². The van der Waals surface area contributed by atoms with E-state index in [4.69, 9.17) is 9.47 Å². The highest BCUT2D eigenvalue weighted by Crippen LogP contribution is 2.34. The standard InChI is InChI=1S/C24H25N5O4/c1-15-22(16(2)29(27-15)18-6-4-3-5-7-18)23-24(31)25-10-11-28(23)13-21(30)26-17-8-9-19-20(12-17)33-14-32-19/h3-9,12,23H,10-11,13-14H2,1-2H3,(H,25,31)(H,26,30)/t23-/m1/s1. The number of benzene rings is 2. The lowest BCUT2D eigenvalue weighted by Crippen LogP contribution is -2.52. The van der Waals surface area contributed by atoms with E-state index < -0.39 is 6.04 Å². The number of anilines is 1. The van der Waals surface area contributed by atoms with Crippen LogP contribution in [0.1, 0.15) is 23.0 Å². The average molecular weight is 447 g/mol. The first-order chi connectivity index (χ1) is 16.0. The highest BCUT2D eigenvalue weighted by Gasteiger charge is 2.36. The molecule has 0 bridgehead atoms. The van der Waals surface area contributed by atoms with Crippen LogP contribution in [0.3, 0.4) is 0 Å². The Bertz CT molecular complexity index is 1210. The molecule has 1 fully saturated rings. The van der Waals surface area contributed by atoms with E-state index in [1.54, 1.807) is 18.2 Å². The van der Waals surface area contributed by atoms with Gasteiger partial charge in [0, 0.05) is 36.1 Å². The van der Waals surface area contributed by atoms with E-state index in [0.717, 1.165) is 22.6 Å². The van der Waals surface area contributed by atoms with Gasteiger partial charge in [-0.1, -0.05) is 18.2 Å². The second kappa shape index (κ2) is 8.59. The molecule has 9 nitrogen and oxygen atoms in total. The van der Waals surface area contributed by atoms with E-state index in [-0.39, 0.29) is 25.2 Å². The first-order valence-corrected chi connectivity index (χ1v) is 10.8. The van der Waals surface area contributed by atoms with Crippen molar-refractivity contribution in [3.63, 3.8) is 0 Å². The number of nitrogens with one attached hydrogen (secondary N) is 2. The van der Waals surface area contributed by atoms with Gasteiger partial charge in [0.25, 0.3) is 0 Å². The number of piperazine rings is 1. The zero-order chi connectivity index (χ0) is 22.9. The van der Waals surface area contributed by atoms with Gasteiger partial charge in [0.1, 0.15) is 6.04 Å². The molecule has 170 valence electrons. The number of hydrogen-bond acceptors (Lipinski definition) is 6. The van der Waals surface area contributed by atoms with Crippen LogP contribution in [0, 0.1) is 13.8 Å². The van der Waals surface area contributed by atoms with E-state index in [1.165, 1.54) is 0 Å².